The Kier molecular flexibility index (Phi) is 4.43. The maximum atomic E-state index is 6.43. The first-order valence-electron chi connectivity index (χ1n) is 7.63. The lowest BCUT2D eigenvalue weighted by Crippen LogP contribution is -2.33. The summed E-state index contributed by atoms with van der Waals surface area (Å²) in [6.07, 6.45) is 3.28. The summed E-state index contributed by atoms with van der Waals surface area (Å²) >= 11 is 6.43. The minimum absolute atomic E-state index is 0.0779. The molecule has 0 amide bonds. The van der Waals surface area contributed by atoms with Gasteiger partial charge in [0.15, 0.2) is 0 Å². The normalized spacial score (nSPS) is 13.9. The molecule has 0 aliphatic rings. The van der Waals surface area contributed by atoms with Crippen molar-refractivity contribution in [3.05, 3.63) is 29.6 Å². The molecule has 2 rings (SSSR count). The molecule has 0 bridgehead atoms. The number of imidazole rings is 1. The van der Waals surface area contributed by atoms with Gasteiger partial charge in [-0.25, -0.2) is 4.98 Å². The van der Waals surface area contributed by atoms with Crippen molar-refractivity contribution in [2.45, 2.75) is 64.8 Å². The van der Waals surface area contributed by atoms with Crippen molar-refractivity contribution in [3.8, 4) is 0 Å². The molecule has 0 aliphatic carbocycles. The first kappa shape index (κ1) is 15.4. The van der Waals surface area contributed by atoms with Gasteiger partial charge in [-0.3, -0.25) is 0 Å². The molecule has 0 N–H and O–H groups in total. The van der Waals surface area contributed by atoms with Gasteiger partial charge in [0.05, 0.1) is 16.4 Å². The molecule has 1 aromatic carbocycles. The summed E-state index contributed by atoms with van der Waals surface area (Å²) in [6, 6.07) is 6.41. The zero-order valence-electron chi connectivity index (χ0n) is 13.2. The van der Waals surface area contributed by atoms with Gasteiger partial charge in [0, 0.05) is 5.54 Å². The highest BCUT2D eigenvalue weighted by Crippen LogP contribution is 2.37. The molecule has 0 saturated heterocycles. The van der Waals surface area contributed by atoms with E-state index in [0.717, 1.165) is 30.6 Å². The number of halogens is 1. The van der Waals surface area contributed by atoms with Crippen molar-refractivity contribution in [1.29, 1.82) is 0 Å². The van der Waals surface area contributed by atoms with Gasteiger partial charge in [0.25, 0.3) is 0 Å². The Morgan fingerprint density at radius 3 is 2.30 bits per heavy atom. The van der Waals surface area contributed by atoms with Crippen LogP contribution in [0.25, 0.3) is 11.0 Å². The van der Waals surface area contributed by atoms with Crippen molar-refractivity contribution < 1.29 is 0 Å². The minimum Gasteiger partial charge on any atom is -0.321 e. The van der Waals surface area contributed by atoms with Crippen LogP contribution < -0.4 is 0 Å². The van der Waals surface area contributed by atoms with Gasteiger partial charge < -0.3 is 4.57 Å². The lowest BCUT2D eigenvalue weighted by molar-refractivity contribution is 0.251. The van der Waals surface area contributed by atoms with Crippen LogP contribution in [0.1, 0.15) is 63.7 Å². The van der Waals surface area contributed by atoms with E-state index in [1.807, 2.05) is 6.92 Å². The van der Waals surface area contributed by atoms with Crippen LogP contribution in [0, 0.1) is 6.92 Å². The average molecular weight is 293 g/mol. The van der Waals surface area contributed by atoms with E-state index in [0.29, 0.717) is 0 Å². The predicted octanol–water partition coefficient (Wildman–Crippen LogP) is 5.57. The van der Waals surface area contributed by atoms with E-state index >= 15 is 0 Å². The van der Waals surface area contributed by atoms with E-state index in [1.54, 1.807) is 0 Å². The van der Waals surface area contributed by atoms with Crippen LogP contribution in [-0.4, -0.2) is 9.55 Å². The fourth-order valence-electron chi connectivity index (χ4n) is 3.25. The average Bonchev–Trinajstić information content (AvgIpc) is 2.84. The Balaban J connectivity index is 2.85. The number of aromatic nitrogens is 2. The van der Waals surface area contributed by atoms with Crippen molar-refractivity contribution in [1.82, 2.24) is 9.55 Å². The second-order valence-corrected chi connectivity index (χ2v) is 6.30. The number of nitrogens with zero attached hydrogens (tertiary/aromatic N) is 2. The standard InChI is InChI=1S/C17H25ClN2/c1-6-17(7-2,8-3)20-14-11-9-10-12(4)15(14)19-16(20)13(5)18/h9-11,13H,6-8H2,1-5H3. The second kappa shape index (κ2) is 5.77. The molecular formula is C17H25ClN2. The quantitative estimate of drug-likeness (QED) is 0.659. The Morgan fingerprint density at radius 2 is 1.80 bits per heavy atom. The Morgan fingerprint density at radius 1 is 1.20 bits per heavy atom. The van der Waals surface area contributed by atoms with Gasteiger partial charge in [-0.2, -0.15) is 0 Å². The van der Waals surface area contributed by atoms with Crippen LogP contribution >= 0.6 is 11.6 Å². The molecule has 0 radical (unpaired) electrons. The highest BCUT2D eigenvalue weighted by atomic mass is 35.5. The lowest BCUT2D eigenvalue weighted by Gasteiger charge is -2.35. The molecule has 1 atom stereocenters. The van der Waals surface area contributed by atoms with Crippen LogP contribution in [0.2, 0.25) is 0 Å². The molecule has 0 fully saturated rings. The molecule has 1 unspecified atom stereocenters. The third-order valence-corrected chi connectivity index (χ3v) is 4.91. The third-order valence-electron chi connectivity index (χ3n) is 4.72. The molecule has 20 heavy (non-hydrogen) atoms. The summed E-state index contributed by atoms with van der Waals surface area (Å²) in [5.74, 6) is 1.00. The highest BCUT2D eigenvalue weighted by molar-refractivity contribution is 6.20. The first-order valence-corrected chi connectivity index (χ1v) is 8.06. The molecule has 1 aromatic heterocycles. The van der Waals surface area contributed by atoms with Crippen molar-refractivity contribution >= 4 is 22.6 Å². The van der Waals surface area contributed by atoms with Crippen molar-refractivity contribution in [2.24, 2.45) is 0 Å². The van der Waals surface area contributed by atoms with Gasteiger partial charge in [-0.1, -0.05) is 32.9 Å². The molecule has 2 aromatic rings. The molecule has 0 saturated carbocycles. The fourth-order valence-corrected chi connectivity index (χ4v) is 3.39. The van der Waals surface area contributed by atoms with Crippen LogP contribution in [0.3, 0.4) is 0 Å². The van der Waals surface area contributed by atoms with Crippen molar-refractivity contribution in [3.63, 3.8) is 0 Å². The first-order chi connectivity index (χ1) is 9.50. The van der Waals surface area contributed by atoms with Gasteiger partial charge in [-0.05, 0) is 44.7 Å². The fraction of sp³-hybridized carbons (Fsp3) is 0.588. The summed E-state index contributed by atoms with van der Waals surface area (Å²) in [4.78, 5) is 4.85. The summed E-state index contributed by atoms with van der Waals surface area (Å²) in [6.45, 7) is 10.9. The van der Waals surface area contributed by atoms with E-state index in [2.05, 4.69) is 50.5 Å². The second-order valence-electron chi connectivity index (χ2n) is 5.65. The Labute approximate surface area is 127 Å². The largest absolute Gasteiger partial charge is 0.321 e. The summed E-state index contributed by atoms with van der Waals surface area (Å²) in [5, 5.41) is -0.0779. The van der Waals surface area contributed by atoms with E-state index in [-0.39, 0.29) is 10.9 Å². The molecule has 0 spiro atoms. The van der Waals surface area contributed by atoms with Crippen LogP contribution in [-0.2, 0) is 5.54 Å². The number of fused-ring (bicyclic) bond motifs is 1. The van der Waals surface area contributed by atoms with Gasteiger partial charge in [-0.15, -0.1) is 11.6 Å². The van der Waals surface area contributed by atoms with Crippen LogP contribution in [0.4, 0.5) is 0 Å². The zero-order valence-corrected chi connectivity index (χ0v) is 14.0. The zero-order chi connectivity index (χ0) is 14.9. The smallest absolute Gasteiger partial charge is 0.128 e. The van der Waals surface area contributed by atoms with E-state index in [9.17, 15) is 0 Å². The Hall–Kier alpha value is -1.02. The Bertz CT molecular complexity index is 586. The maximum Gasteiger partial charge on any atom is 0.128 e. The number of benzene rings is 1. The van der Waals surface area contributed by atoms with Crippen LogP contribution in [0.15, 0.2) is 18.2 Å². The summed E-state index contributed by atoms with van der Waals surface area (Å²) in [5.41, 5.74) is 3.64. The monoisotopic (exact) mass is 292 g/mol. The SMILES string of the molecule is CCC(CC)(CC)n1c(C(C)Cl)nc2c(C)cccc21. The van der Waals surface area contributed by atoms with Gasteiger partial charge in [0.2, 0.25) is 0 Å². The molecular weight excluding hydrogens is 268 g/mol. The van der Waals surface area contributed by atoms with Gasteiger partial charge >= 0.3 is 0 Å². The number of hydrogen-bond acceptors (Lipinski definition) is 1. The van der Waals surface area contributed by atoms with E-state index < -0.39 is 0 Å². The molecule has 0 aliphatic heterocycles. The van der Waals surface area contributed by atoms with E-state index in [1.165, 1.54) is 11.1 Å². The topological polar surface area (TPSA) is 17.8 Å². The predicted molar refractivity (Wildman–Crippen MR) is 87.6 cm³/mol. The molecule has 3 heteroatoms. The maximum absolute atomic E-state index is 6.43. The molecule has 1 heterocycles. The minimum atomic E-state index is -0.0779. The number of rotatable bonds is 5. The van der Waals surface area contributed by atoms with Crippen molar-refractivity contribution in [2.75, 3.05) is 0 Å². The highest BCUT2D eigenvalue weighted by Gasteiger charge is 2.31. The lowest BCUT2D eigenvalue weighted by atomic mass is 9.88. The number of aryl methyl sites for hydroxylation is 1. The third kappa shape index (κ3) is 2.24. The number of alkyl halides is 1. The molecule has 110 valence electrons. The molecule has 2 nitrogen and oxygen atoms in total. The van der Waals surface area contributed by atoms with Crippen LogP contribution in [0.5, 0.6) is 0 Å². The van der Waals surface area contributed by atoms with Gasteiger partial charge in [0.1, 0.15) is 5.82 Å². The number of hydrogen-bond donors (Lipinski definition) is 0. The summed E-state index contributed by atoms with van der Waals surface area (Å²) in [7, 11) is 0. The summed E-state index contributed by atoms with van der Waals surface area (Å²) < 4.78 is 2.41. The van der Waals surface area contributed by atoms with E-state index in [4.69, 9.17) is 16.6 Å². The number of para-hydroxylation sites is 1.